The van der Waals surface area contributed by atoms with Crippen LogP contribution in [0.1, 0.15) is 16.2 Å². The van der Waals surface area contributed by atoms with Gasteiger partial charge in [0, 0.05) is 0 Å². The zero-order chi connectivity index (χ0) is 15.5. The number of tetrazole rings is 1. The van der Waals surface area contributed by atoms with Crippen molar-refractivity contribution in [3.05, 3.63) is 39.3 Å². The second kappa shape index (κ2) is 5.54. The summed E-state index contributed by atoms with van der Waals surface area (Å²) in [6.45, 7) is 0. The van der Waals surface area contributed by atoms with Crippen LogP contribution in [0, 0.1) is 11.3 Å². The Morgan fingerprint density at radius 1 is 1.45 bits per heavy atom. The molecule has 3 heterocycles. The van der Waals surface area contributed by atoms with Crippen molar-refractivity contribution in [3.63, 3.8) is 0 Å². The van der Waals surface area contributed by atoms with E-state index in [-0.39, 0.29) is 23.0 Å². The number of nitrogens with one attached hydrogen (secondary N) is 3. The SMILES string of the molecule is N#Cc1c(-c2cccs2)nc(NC(=O)c2nn[nH]n2)[nH]c1=O. The molecule has 1 amide bonds. The first kappa shape index (κ1) is 13.6. The second-order valence-electron chi connectivity index (χ2n) is 3.92. The van der Waals surface area contributed by atoms with E-state index in [2.05, 4.69) is 35.9 Å². The van der Waals surface area contributed by atoms with E-state index in [0.717, 1.165) is 0 Å². The fourth-order valence-electron chi connectivity index (χ4n) is 1.65. The summed E-state index contributed by atoms with van der Waals surface area (Å²) >= 11 is 1.32. The van der Waals surface area contributed by atoms with Gasteiger partial charge in [-0.2, -0.15) is 10.5 Å². The van der Waals surface area contributed by atoms with Crippen LogP contribution in [0.15, 0.2) is 22.3 Å². The van der Waals surface area contributed by atoms with Crippen LogP contribution < -0.4 is 10.9 Å². The molecule has 3 aromatic rings. The number of H-pyrrole nitrogens is 2. The molecule has 0 fully saturated rings. The van der Waals surface area contributed by atoms with Crippen molar-refractivity contribution in [1.82, 2.24) is 30.6 Å². The second-order valence-corrected chi connectivity index (χ2v) is 4.86. The number of nitrogens with zero attached hydrogens (tertiary/aromatic N) is 5. The Morgan fingerprint density at radius 3 is 2.95 bits per heavy atom. The van der Waals surface area contributed by atoms with E-state index < -0.39 is 11.5 Å². The molecular weight excluding hydrogens is 308 g/mol. The van der Waals surface area contributed by atoms with Crippen molar-refractivity contribution in [1.29, 1.82) is 5.26 Å². The maximum Gasteiger partial charge on any atom is 0.299 e. The lowest BCUT2D eigenvalue weighted by Crippen LogP contribution is -2.21. The number of carbonyl (C=O) groups excluding carboxylic acids is 1. The molecule has 0 spiro atoms. The van der Waals surface area contributed by atoms with E-state index in [1.807, 2.05) is 6.07 Å². The Bertz CT molecular complexity index is 907. The fraction of sp³-hybridized carbons (Fsp3) is 0. The Morgan fingerprint density at radius 2 is 2.32 bits per heavy atom. The highest BCUT2D eigenvalue weighted by Crippen LogP contribution is 2.24. The highest BCUT2D eigenvalue weighted by molar-refractivity contribution is 7.13. The van der Waals surface area contributed by atoms with Gasteiger partial charge in [-0.1, -0.05) is 6.07 Å². The minimum Gasteiger partial charge on any atom is -0.291 e. The lowest BCUT2D eigenvalue weighted by molar-refractivity contribution is 0.101. The summed E-state index contributed by atoms with van der Waals surface area (Å²) in [7, 11) is 0. The zero-order valence-corrected chi connectivity index (χ0v) is 11.5. The molecule has 0 saturated carbocycles. The number of aromatic nitrogens is 6. The minimum absolute atomic E-state index is 0.109. The van der Waals surface area contributed by atoms with E-state index in [4.69, 9.17) is 5.26 Å². The summed E-state index contributed by atoms with van der Waals surface area (Å²) in [5.41, 5.74) is -0.575. The van der Waals surface area contributed by atoms with Crippen LogP contribution in [0.25, 0.3) is 10.6 Å². The molecule has 0 aromatic carbocycles. The van der Waals surface area contributed by atoms with E-state index in [9.17, 15) is 9.59 Å². The van der Waals surface area contributed by atoms with Crippen LogP contribution in [0.4, 0.5) is 5.95 Å². The molecule has 0 saturated heterocycles. The van der Waals surface area contributed by atoms with Crippen molar-refractivity contribution in [3.8, 4) is 16.6 Å². The minimum atomic E-state index is -0.696. The predicted octanol–water partition coefficient (Wildman–Crippen LogP) is 0.135. The Hall–Kier alpha value is -3.39. The number of anilines is 1. The number of carbonyl (C=O) groups is 1. The molecule has 0 atom stereocenters. The molecule has 3 rings (SSSR count). The molecule has 22 heavy (non-hydrogen) atoms. The maximum absolute atomic E-state index is 11.9. The van der Waals surface area contributed by atoms with Crippen LogP contribution in [0.3, 0.4) is 0 Å². The number of hydrogen-bond acceptors (Lipinski definition) is 8. The molecule has 0 bridgehead atoms. The van der Waals surface area contributed by atoms with Crippen molar-refractivity contribution in [2.45, 2.75) is 0 Å². The Balaban J connectivity index is 2.02. The lowest BCUT2D eigenvalue weighted by atomic mass is 10.2. The number of amides is 1. The van der Waals surface area contributed by atoms with Gasteiger partial charge in [-0.05, 0) is 16.7 Å². The molecule has 0 unspecified atom stereocenters. The smallest absolute Gasteiger partial charge is 0.291 e. The monoisotopic (exact) mass is 314 g/mol. The maximum atomic E-state index is 11.9. The summed E-state index contributed by atoms with van der Waals surface area (Å²) in [6.07, 6.45) is 0. The third-order valence-corrected chi connectivity index (χ3v) is 3.44. The van der Waals surface area contributed by atoms with Crippen molar-refractivity contribution in [2.24, 2.45) is 0 Å². The Kier molecular flexibility index (Phi) is 3.42. The van der Waals surface area contributed by atoms with Crippen LogP contribution in [0.2, 0.25) is 0 Å². The summed E-state index contributed by atoms with van der Waals surface area (Å²) in [4.78, 5) is 30.8. The molecule has 0 radical (unpaired) electrons. The summed E-state index contributed by atoms with van der Waals surface area (Å²) in [5.74, 6) is -1.01. The van der Waals surface area contributed by atoms with Gasteiger partial charge >= 0.3 is 0 Å². The Labute approximate surface area is 125 Å². The van der Waals surface area contributed by atoms with Crippen LogP contribution >= 0.6 is 11.3 Å². The van der Waals surface area contributed by atoms with Crippen molar-refractivity contribution >= 4 is 23.2 Å². The van der Waals surface area contributed by atoms with Gasteiger partial charge < -0.3 is 0 Å². The van der Waals surface area contributed by atoms with Gasteiger partial charge in [0.05, 0.1) is 4.88 Å². The highest BCUT2D eigenvalue weighted by atomic mass is 32.1. The van der Waals surface area contributed by atoms with Gasteiger partial charge in [-0.3, -0.25) is 19.9 Å². The summed E-state index contributed by atoms with van der Waals surface area (Å²) in [6, 6.07) is 5.29. The third-order valence-electron chi connectivity index (χ3n) is 2.57. The van der Waals surface area contributed by atoms with Crippen LogP contribution in [0.5, 0.6) is 0 Å². The zero-order valence-electron chi connectivity index (χ0n) is 10.7. The topological polar surface area (TPSA) is 153 Å². The van der Waals surface area contributed by atoms with Crippen molar-refractivity contribution in [2.75, 3.05) is 5.32 Å². The first-order chi connectivity index (χ1) is 10.7. The largest absolute Gasteiger partial charge is 0.299 e. The molecule has 3 N–H and O–H groups in total. The predicted molar refractivity (Wildman–Crippen MR) is 75.0 cm³/mol. The molecule has 0 aliphatic carbocycles. The van der Waals surface area contributed by atoms with Gasteiger partial charge in [0.2, 0.25) is 5.95 Å². The van der Waals surface area contributed by atoms with Gasteiger partial charge in [-0.25, -0.2) is 4.98 Å². The first-order valence-corrected chi connectivity index (χ1v) is 6.70. The third kappa shape index (κ3) is 2.45. The van der Waals surface area contributed by atoms with Gasteiger partial charge in [-0.15, -0.1) is 21.5 Å². The lowest BCUT2D eigenvalue weighted by Gasteiger charge is -2.05. The fourth-order valence-corrected chi connectivity index (χ4v) is 2.37. The summed E-state index contributed by atoms with van der Waals surface area (Å²) in [5, 5.41) is 25.6. The average molecular weight is 314 g/mol. The van der Waals surface area contributed by atoms with Gasteiger partial charge in [0.15, 0.2) is 0 Å². The number of thiophene rings is 1. The molecule has 0 aliphatic heterocycles. The molecule has 10 nitrogen and oxygen atoms in total. The molecule has 3 aromatic heterocycles. The molecule has 108 valence electrons. The van der Waals surface area contributed by atoms with Gasteiger partial charge in [0.1, 0.15) is 17.3 Å². The van der Waals surface area contributed by atoms with Crippen LogP contribution in [-0.2, 0) is 0 Å². The quantitative estimate of drug-likeness (QED) is 0.621. The van der Waals surface area contributed by atoms with E-state index in [0.29, 0.717) is 4.88 Å². The van der Waals surface area contributed by atoms with Crippen LogP contribution in [-0.4, -0.2) is 36.5 Å². The van der Waals surface area contributed by atoms with E-state index in [1.165, 1.54) is 11.3 Å². The average Bonchev–Trinajstić information content (AvgIpc) is 3.20. The van der Waals surface area contributed by atoms with E-state index >= 15 is 0 Å². The molecule has 0 aliphatic rings. The van der Waals surface area contributed by atoms with E-state index in [1.54, 1.807) is 17.5 Å². The number of hydrogen-bond donors (Lipinski definition) is 3. The number of nitriles is 1. The summed E-state index contributed by atoms with van der Waals surface area (Å²) < 4.78 is 0. The number of rotatable bonds is 3. The molecular formula is C11H6N8O2S. The molecule has 11 heteroatoms. The van der Waals surface area contributed by atoms with Gasteiger partial charge in [0.25, 0.3) is 17.3 Å². The van der Waals surface area contributed by atoms with Crippen molar-refractivity contribution < 1.29 is 4.79 Å². The standard InChI is InChI=1S/C11H6N8O2S/c12-4-5-7(6-2-1-3-22-6)13-11(14-9(5)20)15-10(21)8-16-18-19-17-8/h1-3H,(H,16,17,18,19)(H2,13,14,15,20,21). The normalized spacial score (nSPS) is 10.1. The number of aromatic amines is 2. The highest BCUT2D eigenvalue weighted by Gasteiger charge is 2.17. The first-order valence-electron chi connectivity index (χ1n) is 5.82.